The molecule has 1 fully saturated rings. The van der Waals surface area contributed by atoms with Gasteiger partial charge in [0.1, 0.15) is 6.56 Å². The molecule has 1 aromatic heterocycles. The van der Waals surface area contributed by atoms with Crippen LogP contribution in [-0.2, 0) is 17.6 Å². The maximum atomic E-state index is 11.6. The van der Waals surface area contributed by atoms with Gasteiger partial charge in [0, 0.05) is 26.3 Å². The maximum absolute atomic E-state index is 11.6. The summed E-state index contributed by atoms with van der Waals surface area (Å²) in [5.74, 6) is 0. The minimum absolute atomic E-state index is 0.0326. The van der Waals surface area contributed by atoms with Gasteiger partial charge in [0.25, 0.3) is 0 Å². The summed E-state index contributed by atoms with van der Waals surface area (Å²) in [6, 6.07) is 2.60. The Morgan fingerprint density at radius 2 is 2.48 bits per heavy atom. The molecule has 21 heavy (non-hydrogen) atoms. The molecular formula is C16H21N3O2. The van der Waals surface area contributed by atoms with E-state index in [9.17, 15) is 4.79 Å². The number of fused-ring (bicyclic) bond motifs is 1. The first-order valence-corrected chi connectivity index (χ1v) is 6.60. The van der Waals surface area contributed by atoms with Crippen molar-refractivity contribution in [2.75, 3.05) is 27.2 Å². The minimum atomic E-state index is -2.66. The largest absolute Gasteiger partial charge is 0.447 e. The van der Waals surface area contributed by atoms with E-state index in [1.165, 1.54) is 11.1 Å². The average molecular weight is 294 g/mol. The highest BCUT2D eigenvalue weighted by atomic mass is 16.6. The number of cyclic esters (lactones) is 1. The molecule has 5 heteroatoms. The van der Waals surface area contributed by atoms with Crippen molar-refractivity contribution in [1.82, 2.24) is 15.2 Å². The highest BCUT2D eigenvalue weighted by Crippen LogP contribution is 2.21. The van der Waals surface area contributed by atoms with Crippen molar-refractivity contribution in [3.05, 3.63) is 35.5 Å². The van der Waals surface area contributed by atoms with Crippen LogP contribution < -0.4 is 5.31 Å². The Morgan fingerprint density at radius 3 is 3.19 bits per heavy atom. The summed E-state index contributed by atoms with van der Waals surface area (Å²) in [7, 11) is 3.24. The Labute approximate surface area is 134 Å². The molecule has 0 spiro atoms. The van der Waals surface area contributed by atoms with E-state index >= 15 is 0 Å². The molecule has 0 radical (unpaired) electrons. The molecule has 1 atom stereocenters. The quantitative estimate of drug-likeness (QED) is 0.886. The van der Waals surface area contributed by atoms with Crippen molar-refractivity contribution < 1.29 is 19.2 Å². The molecule has 2 aromatic rings. The highest BCUT2D eigenvalue weighted by Gasteiger charge is 2.22. The van der Waals surface area contributed by atoms with Gasteiger partial charge in [-0.2, -0.15) is 0 Å². The van der Waals surface area contributed by atoms with E-state index < -0.39 is 25.2 Å². The number of nitrogens with zero attached hydrogens (tertiary/aromatic N) is 1. The number of alkyl carbamates (subject to hydrolysis) is 1. The van der Waals surface area contributed by atoms with Gasteiger partial charge in [-0.3, -0.25) is 0 Å². The predicted octanol–water partition coefficient (Wildman–Crippen LogP) is 1.92. The third-order valence-electron chi connectivity index (χ3n) is 3.21. The summed E-state index contributed by atoms with van der Waals surface area (Å²) >= 11 is 0. The second-order valence-electron chi connectivity index (χ2n) is 5.07. The second kappa shape index (κ2) is 5.77. The molecule has 2 heterocycles. The number of benzene rings is 1. The number of H-pyrrole nitrogens is 1. The number of rotatable bonds is 5. The molecular weight excluding hydrogens is 266 g/mol. The van der Waals surface area contributed by atoms with Gasteiger partial charge < -0.3 is 19.9 Å². The molecule has 1 aliphatic rings. The van der Waals surface area contributed by atoms with Crippen LogP contribution in [-0.4, -0.2) is 49.1 Å². The topological polar surface area (TPSA) is 57.4 Å². The molecule has 1 amide bonds. The summed E-state index contributed by atoms with van der Waals surface area (Å²) < 4.78 is 60.5. The molecule has 5 nitrogen and oxygen atoms in total. The van der Waals surface area contributed by atoms with E-state index in [4.69, 9.17) is 9.68 Å². The van der Waals surface area contributed by atoms with Crippen molar-refractivity contribution in [2.24, 2.45) is 0 Å². The van der Waals surface area contributed by atoms with Crippen LogP contribution >= 0.6 is 0 Å². The van der Waals surface area contributed by atoms with Crippen LogP contribution in [0.15, 0.2) is 24.4 Å². The fraction of sp³-hybridized carbons (Fsp3) is 0.438. The fourth-order valence-corrected chi connectivity index (χ4v) is 2.19. The van der Waals surface area contributed by atoms with E-state index in [0.717, 1.165) is 4.98 Å². The van der Waals surface area contributed by atoms with Gasteiger partial charge in [0.05, 0.1) is 10.1 Å². The number of carbonyl (C=O) groups excluding carboxylic acids is 1. The first-order chi connectivity index (χ1) is 12.8. The van der Waals surface area contributed by atoms with Crippen LogP contribution in [0.1, 0.15) is 18.0 Å². The van der Waals surface area contributed by atoms with E-state index in [2.05, 4.69) is 4.74 Å². The lowest BCUT2D eigenvalue weighted by Gasteiger charge is -2.09. The Hall–Kier alpha value is -2.01. The summed E-state index contributed by atoms with van der Waals surface area (Å²) in [5, 5.41) is 0.794. The molecule has 1 saturated heterocycles. The third kappa shape index (κ3) is 3.19. The number of aromatic amines is 1. The van der Waals surface area contributed by atoms with Crippen LogP contribution in [0.2, 0.25) is 2.82 Å². The minimum Gasteiger partial charge on any atom is -0.447 e. The van der Waals surface area contributed by atoms with Gasteiger partial charge in [0.15, 0.2) is 2.82 Å². The second-order valence-corrected chi connectivity index (χ2v) is 5.07. The number of carbonyl (C=O) groups is 1. The lowest BCUT2D eigenvalue weighted by atomic mass is 10.0. The molecule has 3 rings (SSSR count). The normalized spacial score (nSPS) is 30.1. The molecule has 0 bridgehead atoms. The SMILES string of the molecule is [2H]N1C(=O)OC([2H])([2H])[C@]1([2H])Cc1ccc2c(c1)c(CC([2H])([2H])N(C)C)cn2[2H]. The van der Waals surface area contributed by atoms with E-state index in [0.29, 0.717) is 22.0 Å². The molecule has 112 valence electrons. The zero-order valence-electron chi connectivity index (χ0n) is 18.9. The number of aryl methyl sites for hydroxylation is 1. The van der Waals surface area contributed by atoms with E-state index in [-0.39, 0.29) is 18.2 Å². The summed E-state index contributed by atoms with van der Waals surface area (Å²) in [6.45, 7) is -4.30. The van der Waals surface area contributed by atoms with Gasteiger partial charge in [-0.15, -0.1) is 0 Å². The Balaban J connectivity index is 2.00. The van der Waals surface area contributed by atoms with Gasteiger partial charge in [-0.05, 0) is 50.2 Å². The Morgan fingerprint density at radius 1 is 1.62 bits per heavy atom. The molecule has 0 unspecified atom stereocenters. The summed E-state index contributed by atoms with van der Waals surface area (Å²) in [5.41, 5.74) is 1.60. The summed E-state index contributed by atoms with van der Waals surface area (Å²) in [4.78, 5) is 14.1. The first-order valence-electron chi connectivity index (χ1n) is 9.99. The number of amides is 1. The molecule has 0 saturated carbocycles. The standard InChI is InChI=1S/C16H21N3O2/c1-19(2)6-5-12-9-17-15-4-3-11(8-14(12)15)7-13-10-21-16(20)18-13/h3-4,8-9,13,17H,5-7,10H2,1-2H3,(H,18,20)/t13-/m0/s1/i6D2,10D2,13D/hD2. The monoisotopic (exact) mass is 294 g/mol. The van der Waals surface area contributed by atoms with Crippen LogP contribution in [0.5, 0.6) is 0 Å². The number of ether oxygens (including phenoxy) is 1. The molecule has 1 aromatic carbocycles. The smallest absolute Gasteiger partial charge is 0.407 e. The fourth-order valence-electron chi connectivity index (χ4n) is 2.19. The van der Waals surface area contributed by atoms with Crippen LogP contribution in [0.25, 0.3) is 10.9 Å². The Kier molecular flexibility index (Phi) is 2.16. The zero-order valence-corrected chi connectivity index (χ0v) is 11.9. The van der Waals surface area contributed by atoms with Gasteiger partial charge in [-0.1, -0.05) is 6.07 Å². The van der Waals surface area contributed by atoms with Crippen molar-refractivity contribution in [3.63, 3.8) is 0 Å². The van der Waals surface area contributed by atoms with Crippen LogP contribution in [0.4, 0.5) is 4.79 Å². The third-order valence-corrected chi connectivity index (χ3v) is 3.21. The molecule has 0 aliphatic carbocycles. The number of hydrogen-bond acceptors (Lipinski definition) is 3. The first kappa shape index (κ1) is 7.84. The number of likely N-dealkylation sites (N-methyl/N-ethyl adjacent to an activating group) is 1. The number of hydrogen-bond donors (Lipinski definition) is 2. The molecule has 2 N–H and O–H groups in total. The van der Waals surface area contributed by atoms with E-state index in [1.807, 2.05) is 0 Å². The lowest BCUT2D eigenvalue weighted by molar-refractivity contribution is 0.177. The number of aromatic nitrogens is 1. The highest BCUT2D eigenvalue weighted by molar-refractivity contribution is 5.84. The van der Waals surface area contributed by atoms with Gasteiger partial charge in [0.2, 0.25) is 0 Å². The summed E-state index contributed by atoms with van der Waals surface area (Å²) in [6.07, 6.45) is 0.0299. The number of nitrogens with one attached hydrogen (secondary N) is 2. The predicted molar refractivity (Wildman–Crippen MR) is 82.5 cm³/mol. The maximum Gasteiger partial charge on any atom is 0.407 e. The Bertz CT molecular complexity index is 930. The average Bonchev–Trinajstić information content (AvgIpc) is 2.94. The van der Waals surface area contributed by atoms with Crippen molar-refractivity contribution in [3.8, 4) is 0 Å². The van der Waals surface area contributed by atoms with E-state index in [1.54, 1.807) is 32.3 Å². The van der Waals surface area contributed by atoms with Gasteiger partial charge >= 0.3 is 6.09 Å². The molecule has 1 aliphatic heterocycles. The zero-order chi connectivity index (χ0) is 21.1. The van der Waals surface area contributed by atoms with Crippen LogP contribution in [0.3, 0.4) is 0 Å². The van der Waals surface area contributed by atoms with Gasteiger partial charge in [-0.25, -0.2) is 4.79 Å². The van der Waals surface area contributed by atoms with Crippen molar-refractivity contribution in [1.29, 1.82) is 0 Å². The van der Waals surface area contributed by atoms with Crippen molar-refractivity contribution in [2.45, 2.75) is 18.9 Å². The van der Waals surface area contributed by atoms with Crippen molar-refractivity contribution >= 4 is 17.0 Å². The van der Waals surface area contributed by atoms with Crippen LogP contribution in [0, 0.1) is 0 Å². The lowest BCUT2D eigenvalue weighted by Crippen LogP contribution is -2.28.